The Morgan fingerprint density at radius 2 is 1.67 bits per heavy atom. The van der Waals surface area contributed by atoms with Crippen LogP contribution in [0.15, 0.2) is 0 Å². The Kier molecular flexibility index (Phi) is 2.28. The molecule has 0 bridgehead atoms. The van der Waals surface area contributed by atoms with Gasteiger partial charge in [0.1, 0.15) is 0 Å². The van der Waals surface area contributed by atoms with E-state index in [4.69, 9.17) is 10.2 Å². The molecule has 0 aromatic heterocycles. The summed E-state index contributed by atoms with van der Waals surface area (Å²) in [6.07, 6.45) is 0. The number of hydrogen-bond donors (Lipinski definition) is 4. The van der Waals surface area contributed by atoms with E-state index in [2.05, 4.69) is 25.3 Å². The van der Waals surface area contributed by atoms with Crippen molar-refractivity contribution in [2.45, 2.75) is 5.12 Å². The molecule has 0 aliphatic rings. The molecule has 4 heteroatoms. The molecule has 0 saturated heterocycles. The Bertz CT molecular complexity index is 39.3. The molecule has 6 heavy (non-hydrogen) atoms. The van der Waals surface area contributed by atoms with E-state index in [0.29, 0.717) is 0 Å². The number of hydrogen-bond acceptors (Lipinski definition) is 4. The van der Waals surface area contributed by atoms with Crippen molar-refractivity contribution in [1.29, 1.82) is 0 Å². The first kappa shape index (κ1) is 6.62. The SMILES string of the molecule is OC(O)(S)CS. The molecule has 2 N–H and O–H groups in total. The van der Waals surface area contributed by atoms with Crippen LogP contribution in [0.1, 0.15) is 0 Å². The largest absolute Gasteiger partial charge is 0.357 e. The monoisotopic (exact) mass is 126 g/mol. The third-order valence-corrected chi connectivity index (χ3v) is 1.06. The summed E-state index contributed by atoms with van der Waals surface area (Å²) in [6.45, 7) is 0. The molecule has 0 aromatic rings. The zero-order chi connectivity index (χ0) is 5.21. The van der Waals surface area contributed by atoms with Crippen molar-refractivity contribution in [3.05, 3.63) is 0 Å². The summed E-state index contributed by atoms with van der Waals surface area (Å²) in [5, 5.41) is 14.4. The summed E-state index contributed by atoms with van der Waals surface area (Å²) >= 11 is 6.81. The summed E-state index contributed by atoms with van der Waals surface area (Å²) in [7, 11) is 0. The first-order valence-corrected chi connectivity index (χ1v) is 2.42. The number of rotatable bonds is 1. The summed E-state index contributed by atoms with van der Waals surface area (Å²) in [5.74, 6) is -0.0594. The van der Waals surface area contributed by atoms with Gasteiger partial charge in [-0.1, -0.05) is 0 Å². The van der Waals surface area contributed by atoms with Crippen molar-refractivity contribution < 1.29 is 10.2 Å². The van der Waals surface area contributed by atoms with E-state index < -0.39 is 5.12 Å². The molecule has 0 aliphatic carbocycles. The van der Waals surface area contributed by atoms with Gasteiger partial charge in [0.25, 0.3) is 0 Å². The van der Waals surface area contributed by atoms with E-state index in [-0.39, 0.29) is 5.75 Å². The molecule has 0 radical (unpaired) electrons. The second-order valence-corrected chi connectivity index (χ2v) is 1.96. The van der Waals surface area contributed by atoms with Crippen LogP contribution < -0.4 is 0 Å². The Morgan fingerprint density at radius 1 is 1.50 bits per heavy atom. The lowest BCUT2D eigenvalue weighted by Gasteiger charge is -2.08. The van der Waals surface area contributed by atoms with Crippen molar-refractivity contribution in [1.82, 2.24) is 0 Å². The van der Waals surface area contributed by atoms with Crippen LogP contribution >= 0.6 is 25.3 Å². The maximum absolute atomic E-state index is 8.17. The minimum absolute atomic E-state index is 0.0594. The van der Waals surface area contributed by atoms with Crippen LogP contribution in [-0.2, 0) is 0 Å². The van der Waals surface area contributed by atoms with Gasteiger partial charge in [-0.05, 0) is 0 Å². The Hall–Kier alpha value is 0.620. The average Bonchev–Trinajstić information content (AvgIpc) is 1.35. The minimum Gasteiger partial charge on any atom is -0.357 e. The molecule has 0 fully saturated rings. The van der Waals surface area contributed by atoms with Crippen molar-refractivity contribution in [3.8, 4) is 0 Å². The third kappa shape index (κ3) is 4.62. The predicted molar refractivity (Wildman–Crippen MR) is 30.0 cm³/mol. The first-order chi connectivity index (χ1) is 2.56. The molecular weight excluding hydrogens is 120 g/mol. The molecule has 2 nitrogen and oxygen atoms in total. The molecule has 0 atom stereocenters. The van der Waals surface area contributed by atoms with Crippen LogP contribution in [0.2, 0.25) is 0 Å². The summed E-state index contributed by atoms with van der Waals surface area (Å²) in [6, 6.07) is 0. The van der Waals surface area contributed by atoms with Crippen molar-refractivity contribution in [2.24, 2.45) is 0 Å². The van der Waals surface area contributed by atoms with Crippen LogP contribution in [0, 0.1) is 0 Å². The summed E-state index contributed by atoms with van der Waals surface area (Å²) < 4.78 is 0. The Morgan fingerprint density at radius 3 is 1.67 bits per heavy atom. The van der Waals surface area contributed by atoms with E-state index in [1.54, 1.807) is 0 Å². The highest BCUT2D eigenvalue weighted by Gasteiger charge is 2.11. The van der Waals surface area contributed by atoms with Gasteiger partial charge in [-0.15, -0.1) is 12.6 Å². The topological polar surface area (TPSA) is 40.5 Å². The van der Waals surface area contributed by atoms with Gasteiger partial charge in [-0.3, -0.25) is 0 Å². The van der Waals surface area contributed by atoms with Crippen molar-refractivity contribution >= 4 is 25.3 Å². The quantitative estimate of drug-likeness (QED) is 0.282. The van der Waals surface area contributed by atoms with Gasteiger partial charge in [-0.2, -0.15) is 12.6 Å². The fourth-order valence-electron chi connectivity index (χ4n) is 0. The summed E-state index contributed by atoms with van der Waals surface area (Å²) in [5.41, 5.74) is 0. The van der Waals surface area contributed by atoms with Crippen LogP contribution in [0.25, 0.3) is 0 Å². The van der Waals surface area contributed by atoms with E-state index >= 15 is 0 Å². The zero-order valence-electron chi connectivity index (χ0n) is 3.00. The fraction of sp³-hybridized carbons (Fsp3) is 1.00. The fourth-order valence-corrected chi connectivity index (χ4v) is 0. The van der Waals surface area contributed by atoms with Crippen LogP contribution in [-0.4, -0.2) is 21.1 Å². The molecule has 0 saturated carbocycles. The molecule has 0 aliphatic heterocycles. The zero-order valence-corrected chi connectivity index (χ0v) is 4.78. The molecule has 0 amide bonds. The van der Waals surface area contributed by atoms with Gasteiger partial charge in [0, 0.05) is 0 Å². The second-order valence-electron chi connectivity index (χ2n) is 0.932. The standard InChI is InChI=1S/C2H6O2S2/c3-2(4,6)1-5/h3-6H,1H2. The van der Waals surface area contributed by atoms with Crippen LogP contribution in [0.4, 0.5) is 0 Å². The third-order valence-electron chi connectivity index (χ3n) is 0.212. The van der Waals surface area contributed by atoms with Crippen molar-refractivity contribution in [2.75, 3.05) is 5.75 Å². The highest BCUT2D eigenvalue weighted by Crippen LogP contribution is 2.04. The lowest BCUT2D eigenvalue weighted by atomic mass is 10.8. The smallest absolute Gasteiger partial charge is 0.219 e. The van der Waals surface area contributed by atoms with Gasteiger partial charge in [0.05, 0.1) is 5.75 Å². The van der Waals surface area contributed by atoms with Gasteiger partial charge < -0.3 is 10.2 Å². The lowest BCUT2D eigenvalue weighted by Crippen LogP contribution is -2.20. The van der Waals surface area contributed by atoms with E-state index in [1.165, 1.54) is 0 Å². The molecule has 0 heterocycles. The van der Waals surface area contributed by atoms with E-state index in [9.17, 15) is 0 Å². The first-order valence-electron chi connectivity index (χ1n) is 1.34. The van der Waals surface area contributed by atoms with E-state index in [0.717, 1.165) is 0 Å². The van der Waals surface area contributed by atoms with Gasteiger partial charge in [0.15, 0.2) is 0 Å². The highest BCUT2D eigenvalue weighted by molar-refractivity contribution is 7.85. The highest BCUT2D eigenvalue weighted by atomic mass is 32.1. The molecule has 0 unspecified atom stereocenters. The molecular formula is C2H6O2S2. The second kappa shape index (κ2) is 2.07. The van der Waals surface area contributed by atoms with Gasteiger partial charge in [-0.25, -0.2) is 0 Å². The molecule has 0 spiro atoms. The van der Waals surface area contributed by atoms with Crippen LogP contribution in [0.5, 0.6) is 0 Å². The molecule has 0 aromatic carbocycles. The lowest BCUT2D eigenvalue weighted by molar-refractivity contribution is -0.0521. The maximum Gasteiger partial charge on any atom is 0.219 e. The Labute approximate surface area is 47.0 Å². The number of aliphatic hydroxyl groups is 2. The van der Waals surface area contributed by atoms with Gasteiger partial charge in [0.2, 0.25) is 5.12 Å². The Balaban J connectivity index is 3.17. The normalized spacial score (nSPS) is 12.0. The van der Waals surface area contributed by atoms with E-state index in [1.807, 2.05) is 0 Å². The molecule has 38 valence electrons. The van der Waals surface area contributed by atoms with Crippen molar-refractivity contribution in [3.63, 3.8) is 0 Å². The summed E-state index contributed by atoms with van der Waals surface area (Å²) in [4.78, 5) is 0. The van der Waals surface area contributed by atoms with Crippen LogP contribution in [0.3, 0.4) is 0 Å². The number of thiol groups is 2. The van der Waals surface area contributed by atoms with Gasteiger partial charge >= 0.3 is 0 Å². The minimum atomic E-state index is -1.90. The average molecular weight is 126 g/mol. The predicted octanol–water partition coefficient (Wildman–Crippen LogP) is -0.516. The molecule has 0 rings (SSSR count). The maximum atomic E-state index is 8.17.